The first-order valence-electron chi connectivity index (χ1n) is 7.03. The lowest BCUT2D eigenvalue weighted by atomic mass is 9.99. The molecular weight excluding hydrogens is 244 g/mol. The van der Waals surface area contributed by atoms with Crippen LogP contribution >= 0.6 is 0 Å². The van der Waals surface area contributed by atoms with E-state index < -0.39 is 6.10 Å². The van der Waals surface area contributed by atoms with Crippen LogP contribution in [0.2, 0.25) is 0 Å². The molecule has 0 amide bonds. The Bertz CT molecular complexity index is 688. The van der Waals surface area contributed by atoms with Crippen molar-refractivity contribution >= 4 is 10.8 Å². The summed E-state index contributed by atoms with van der Waals surface area (Å²) in [4.78, 5) is 0. The molecule has 0 spiro atoms. The quantitative estimate of drug-likeness (QED) is 0.733. The number of fused-ring (bicyclic) bond motifs is 1. The molecule has 0 aliphatic heterocycles. The molecule has 1 atom stereocenters. The SMILES string of the molecule is OC(CCc1ccccc1)c1ccc2ccccc2c1. The molecule has 0 fully saturated rings. The van der Waals surface area contributed by atoms with Crippen LogP contribution in [-0.2, 0) is 6.42 Å². The zero-order valence-corrected chi connectivity index (χ0v) is 11.4. The Morgan fingerprint density at radius 1 is 0.750 bits per heavy atom. The summed E-state index contributed by atoms with van der Waals surface area (Å²) in [5, 5.41) is 12.7. The largest absolute Gasteiger partial charge is 0.388 e. The molecule has 3 aromatic rings. The fraction of sp³-hybridized carbons (Fsp3) is 0.158. The predicted molar refractivity (Wildman–Crippen MR) is 83.7 cm³/mol. The Kier molecular flexibility index (Phi) is 3.80. The third-order valence-corrected chi connectivity index (χ3v) is 3.71. The molecule has 3 rings (SSSR count). The number of hydrogen-bond acceptors (Lipinski definition) is 1. The van der Waals surface area contributed by atoms with Crippen molar-refractivity contribution in [1.29, 1.82) is 0 Å². The average molecular weight is 262 g/mol. The first-order valence-corrected chi connectivity index (χ1v) is 7.03. The fourth-order valence-electron chi connectivity index (χ4n) is 2.53. The number of rotatable bonds is 4. The van der Waals surface area contributed by atoms with Crippen LogP contribution < -0.4 is 0 Å². The molecule has 0 aromatic heterocycles. The lowest BCUT2D eigenvalue weighted by Crippen LogP contribution is -1.99. The molecule has 3 aromatic carbocycles. The van der Waals surface area contributed by atoms with Gasteiger partial charge in [0, 0.05) is 0 Å². The van der Waals surface area contributed by atoms with E-state index >= 15 is 0 Å². The third-order valence-electron chi connectivity index (χ3n) is 3.71. The van der Waals surface area contributed by atoms with E-state index in [1.54, 1.807) is 0 Å². The van der Waals surface area contributed by atoms with Gasteiger partial charge in [0.1, 0.15) is 0 Å². The molecule has 1 unspecified atom stereocenters. The lowest BCUT2D eigenvalue weighted by molar-refractivity contribution is 0.168. The summed E-state index contributed by atoms with van der Waals surface area (Å²) in [6.07, 6.45) is 1.25. The Morgan fingerprint density at radius 3 is 2.25 bits per heavy atom. The van der Waals surface area contributed by atoms with Gasteiger partial charge in [-0.3, -0.25) is 0 Å². The number of benzene rings is 3. The van der Waals surface area contributed by atoms with Gasteiger partial charge in [-0.1, -0.05) is 66.7 Å². The van der Waals surface area contributed by atoms with Crippen molar-refractivity contribution in [2.24, 2.45) is 0 Å². The van der Waals surface area contributed by atoms with Crippen LogP contribution in [0.3, 0.4) is 0 Å². The Balaban J connectivity index is 1.73. The molecule has 0 saturated carbocycles. The minimum Gasteiger partial charge on any atom is -0.388 e. The van der Waals surface area contributed by atoms with Crippen LogP contribution in [0, 0.1) is 0 Å². The zero-order valence-electron chi connectivity index (χ0n) is 11.4. The average Bonchev–Trinajstić information content (AvgIpc) is 2.53. The highest BCUT2D eigenvalue weighted by atomic mass is 16.3. The van der Waals surface area contributed by atoms with Gasteiger partial charge in [-0.25, -0.2) is 0 Å². The molecule has 0 bridgehead atoms. The molecule has 100 valence electrons. The van der Waals surface area contributed by atoms with Crippen molar-refractivity contribution in [2.75, 3.05) is 0 Å². The number of hydrogen-bond donors (Lipinski definition) is 1. The van der Waals surface area contributed by atoms with Gasteiger partial charge in [0.2, 0.25) is 0 Å². The second-order valence-electron chi connectivity index (χ2n) is 5.15. The highest BCUT2D eigenvalue weighted by Gasteiger charge is 2.08. The van der Waals surface area contributed by atoms with Crippen LogP contribution in [0.25, 0.3) is 10.8 Å². The van der Waals surface area contributed by atoms with Crippen molar-refractivity contribution in [3.63, 3.8) is 0 Å². The normalized spacial score (nSPS) is 12.4. The van der Waals surface area contributed by atoms with Crippen molar-refractivity contribution in [3.05, 3.63) is 83.9 Å². The van der Waals surface area contributed by atoms with Gasteiger partial charge in [0.05, 0.1) is 6.10 Å². The summed E-state index contributed by atoms with van der Waals surface area (Å²) in [7, 11) is 0. The Hall–Kier alpha value is -2.12. The van der Waals surface area contributed by atoms with Gasteiger partial charge in [-0.05, 0) is 40.8 Å². The molecule has 0 aliphatic rings. The standard InChI is InChI=1S/C19H18O/c20-19(13-10-15-6-2-1-3-7-15)18-12-11-16-8-4-5-9-17(16)14-18/h1-9,11-12,14,19-20H,10,13H2. The maximum Gasteiger partial charge on any atom is 0.0793 e. The molecule has 0 aliphatic carbocycles. The van der Waals surface area contributed by atoms with Gasteiger partial charge in [0.15, 0.2) is 0 Å². The van der Waals surface area contributed by atoms with E-state index in [4.69, 9.17) is 0 Å². The van der Waals surface area contributed by atoms with Crippen molar-refractivity contribution in [1.82, 2.24) is 0 Å². The van der Waals surface area contributed by atoms with E-state index in [9.17, 15) is 5.11 Å². The van der Waals surface area contributed by atoms with Crippen molar-refractivity contribution < 1.29 is 5.11 Å². The van der Waals surface area contributed by atoms with Gasteiger partial charge < -0.3 is 5.11 Å². The first kappa shape index (κ1) is 12.9. The summed E-state index contributed by atoms with van der Waals surface area (Å²) in [5.74, 6) is 0. The molecule has 1 N–H and O–H groups in total. The predicted octanol–water partition coefficient (Wildman–Crippen LogP) is 4.51. The minimum atomic E-state index is -0.403. The summed E-state index contributed by atoms with van der Waals surface area (Å²) >= 11 is 0. The highest BCUT2D eigenvalue weighted by Crippen LogP contribution is 2.23. The molecule has 1 nitrogen and oxygen atoms in total. The van der Waals surface area contributed by atoms with E-state index in [0.29, 0.717) is 0 Å². The van der Waals surface area contributed by atoms with E-state index in [2.05, 4.69) is 36.4 Å². The van der Waals surface area contributed by atoms with Gasteiger partial charge >= 0.3 is 0 Å². The van der Waals surface area contributed by atoms with E-state index in [1.807, 2.05) is 36.4 Å². The second-order valence-corrected chi connectivity index (χ2v) is 5.15. The van der Waals surface area contributed by atoms with E-state index in [0.717, 1.165) is 18.4 Å². The smallest absolute Gasteiger partial charge is 0.0793 e. The van der Waals surface area contributed by atoms with Gasteiger partial charge in [0.25, 0.3) is 0 Å². The van der Waals surface area contributed by atoms with Crippen molar-refractivity contribution in [3.8, 4) is 0 Å². The molecule has 20 heavy (non-hydrogen) atoms. The molecule has 0 radical (unpaired) electrons. The Morgan fingerprint density at radius 2 is 1.45 bits per heavy atom. The summed E-state index contributed by atoms with van der Waals surface area (Å²) in [6.45, 7) is 0. The lowest BCUT2D eigenvalue weighted by Gasteiger charge is -2.12. The number of aliphatic hydroxyl groups is 1. The van der Waals surface area contributed by atoms with E-state index in [-0.39, 0.29) is 0 Å². The number of aliphatic hydroxyl groups excluding tert-OH is 1. The molecule has 0 saturated heterocycles. The van der Waals surface area contributed by atoms with Crippen LogP contribution in [0.4, 0.5) is 0 Å². The second kappa shape index (κ2) is 5.89. The maximum atomic E-state index is 10.3. The maximum absolute atomic E-state index is 10.3. The molecular formula is C19H18O. The fourth-order valence-corrected chi connectivity index (χ4v) is 2.53. The monoisotopic (exact) mass is 262 g/mol. The van der Waals surface area contributed by atoms with Crippen LogP contribution in [0.1, 0.15) is 23.7 Å². The summed E-state index contributed by atoms with van der Waals surface area (Å²) in [6, 6.07) is 24.7. The van der Waals surface area contributed by atoms with Gasteiger partial charge in [-0.2, -0.15) is 0 Å². The Labute approximate surface area is 119 Å². The summed E-state index contributed by atoms with van der Waals surface area (Å²) < 4.78 is 0. The molecule has 0 heterocycles. The number of aryl methyl sites for hydroxylation is 1. The topological polar surface area (TPSA) is 20.2 Å². The third kappa shape index (κ3) is 2.89. The van der Waals surface area contributed by atoms with Crippen molar-refractivity contribution in [2.45, 2.75) is 18.9 Å². The minimum absolute atomic E-state index is 0.403. The zero-order chi connectivity index (χ0) is 13.8. The van der Waals surface area contributed by atoms with Crippen LogP contribution in [0.15, 0.2) is 72.8 Å². The summed E-state index contributed by atoms with van der Waals surface area (Å²) in [5.41, 5.74) is 2.27. The van der Waals surface area contributed by atoms with Crippen LogP contribution in [-0.4, -0.2) is 5.11 Å². The highest BCUT2D eigenvalue weighted by molar-refractivity contribution is 5.83. The first-order chi connectivity index (χ1) is 9.83. The van der Waals surface area contributed by atoms with E-state index in [1.165, 1.54) is 16.3 Å². The van der Waals surface area contributed by atoms with Crippen LogP contribution in [0.5, 0.6) is 0 Å². The molecule has 1 heteroatoms. The van der Waals surface area contributed by atoms with Gasteiger partial charge in [-0.15, -0.1) is 0 Å².